The van der Waals surface area contributed by atoms with Gasteiger partial charge in [0.25, 0.3) is 5.91 Å². The minimum atomic E-state index is -0.262. The molecule has 120 valence electrons. The Hall–Kier alpha value is -2.69. The second kappa shape index (κ2) is 7.05. The van der Waals surface area contributed by atoms with Crippen molar-refractivity contribution in [2.24, 2.45) is 5.10 Å². The molecule has 5 heteroatoms. The first-order chi connectivity index (χ1) is 10.9. The molecule has 0 radical (unpaired) electrons. The molecule has 0 aliphatic heterocycles. The Balaban J connectivity index is 2.17. The highest BCUT2D eigenvalue weighted by molar-refractivity contribution is 6.02. The first-order valence-electron chi connectivity index (χ1n) is 7.36. The number of aryl methyl sites for hydroxylation is 3. The Kier molecular flexibility index (Phi) is 5.11. The van der Waals surface area contributed by atoms with Gasteiger partial charge in [0, 0.05) is 22.5 Å². The summed E-state index contributed by atoms with van der Waals surface area (Å²) in [6.07, 6.45) is 0. The van der Waals surface area contributed by atoms with E-state index in [0.29, 0.717) is 11.3 Å². The molecule has 1 aromatic carbocycles. The van der Waals surface area contributed by atoms with E-state index in [0.717, 1.165) is 28.2 Å². The van der Waals surface area contributed by atoms with Crippen LogP contribution in [0.25, 0.3) is 0 Å². The first kappa shape index (κ1) is 16.7. The van der Waals surface area contributed by atoms with Crippen LogP contribution >= 0.6 is 0 Å². The summed E-state index contributed by atoms with van der Waals surface area (Å²) in [4.78, 5) is 16.6. The van der Waals surface area contributed by atoms with Crippen LogP contribution in [-0.4, -0.2) is 23.7 Å². The van der Waals surface area contributed by atoms with Crippen molar-refractivity contribution in [3.63, 3.8) is 0 Å². The van der Waals surface area contributed by atoms with E-state index in [4.69, 9.17) is 4.74 Å². The van der Waals surface area contributed by atoms with Gasteiger partial charge in [0.05, 0.1) is 12.8 Å². The number of nitrogens with zero attached hydrogens (tertiary/aromatic N) is 2. The number of amides is 1. The second-order valence-electron chi connectivity index (χ2n) is 5.41. The van der Waals surface area contributed by atoms with Crippen molar-refractivity contribution < 1.29 is 9.53 Å². The lowest BCUT2D eigenvalue weighted by molar-refractivity contribution is 0.0955. The zero-order valence-electron chi connectivity index (χ0n) is 14.1. The Labute approximate surface area is 136 Å². The van der Waals surface area contributed by atoms with Crippen molar-refractivity contribution >= 4 is 11.6 Å². The zero-order chi connectivity index (χ0) is 17.0. The van der Waals surface area contributed by atoms with E-state index in [2.05, 4.69) is 15.5 Å². The number of carbonyl (C=O) groups is 1. The molecule has 2 aromatic rings. The number of hydrogen-bond donors (Lipinski definition) is 1. The van der Waals surface area contributed by atoms with Crippen LogP contribution in [0, 0.1) is 20.8 Å². The largest absolute Gasteiger partial charge is 0.497 e. The maximum atomic E-state index is 12.1. The maximum Gasteiger partial charge on any atom is 0.271 e. The number of hydrazone groups is 1. The molecular formula is C18H21N3O2. The minimum absolute atomic E-state index is 0.262. The summed E-state index contributed by atoms with van der Waals surface area (Å²) in [5.74, 6) is 0.445. The van der Waals surface area contributed by atoms with Crippen molar-refractivity contribution in [3.8, 4) is 5.75 Å². The maximum absolute atomic E-state index is 12.1. The molecule has 0 aliphatic rings. The molecule has 0 saturated heterocycles. The predicted molar refractivity (Wildman–Crippen MR) is 91.1 cm³/mol. The molecule has 0 fully saturated rings. The van der Waals surface area contributed by atoms with Gasteiger partial charge in [0.1, 0.15) is 5.75 Å². The van der Waals surface area contributed by atoms with Gasteiger partial charge in [0.2, 0.25) is 0 Å². The zero-order valence-corrected chi connectivity index (χ0v) is 14.1. The third kappa shape index (κ3) is 3.94. The molecule has 2 rings (SSSR count). The van der Waals surface area contributed by atoms with Crippen LogP contribution in [0.5, 0.6) is 5.75 Å². The van der Waals surface area contributed by atoms with Crippen molar-refractivity contribution in [3.05, 3.63) is 58.4 Å². The number of hydrogen-bond acceptors (Lipinski definition) is 4. The molecule has 0 spiro atoms. The topological polar surface area (TPSA) is 63.6 Å². The lowest BCUT2D eigenvalue weighted by atomic mass is 10.0. The summed E-state index contributed by atoms with van der Waals surface area (Å²) in [6, 6.07) is 8.88. The highest BCUT2D eigenvalue weighted by Gasteiger charge is 2.10. The molecule has 1 N–H and O–H groups in total. The first-order valence-corrected chi connectivity index (χ1v) is 7.36. The summed E-state index contributed by atoms with van der Waals surface area (Å²) in [7, 11) is 1.59. The van der Waals surface area contributed by atoms with Gasteiger partial charge in [-0.2, -0.15) is 5.10 Å². The molecule has 0 bridgehead atoms. The average molecular weight is 311 g/mol. The highest BCUT2D eigenvalue weighted by Crippen LogP contribution is 2.14. The number of rotatable bonds is 4. The third-order valence-corrected chi connectivity index (χ3v) is 3.56. The molecule has 0 aliphatic carbocycles. The summed E-state index contributed by atoms with van der Waals surface area (Å²) >= 11 is 0. The molecule has 0 unspecified atom stereocenters. The fourth-order valence-corrected chi connectivity index (χ4v) is 2.57. The Morgan fingerprint density at radius 2 is 1.83 bits per heavy atom. The number of ether oxygens (including phenoxy) is 1. The number of carbonyl (C=O) groups excluding carboxylic acids is 1. The van der Waals surface area contributed by atoms with Gasteiger partial charge in [-0.15, -0.1) is 0 Å². The highest BCUT2D eigenvalue weighted by atomic mass is 16.5. The van der Waals surface area contributed by atoms with Crippen LogP contribution < -0.4 is 10.2 Å². The van der Waals surface area contributed by atoms with Crippen molar-refractivity contribution in [1.82, 2.24) is 10.4 Å². The van der Waals surface area contributed by atoms with E-state index in [1.807, 2.05) is 33.8 Å². The third-order valence-electron chi connectivity index (χ3n) is 3.56. The molecule has 5 nitrogen and oxygen atoms in total. The number of methoxy groups -OCH3 is 1. The molecular weight excluding hydrogens is 290 g/mol. The van der Waals surface area contributed by atoms with Gasteiger partial charge in [-0.05, 0) is 63.6 Å². The SMILES string of the molecule is COc1ccc(C(=O)NN=C(C)c2c(C)cc(C)nc2C)cc1. The van der Waals surface area contributed by atoms with Crippen LogP contribution in [0.2, 0.25) is 0 Å². The van der Waals surface area contributed by atoms with Gasteiger partial charge in [-0.25, -0.2) is 5.43 Å². The predicted octanol–water partition coefficient (Wildman–Crippen LogP) is 3.17. The van der Waals surface area contributed by atoms with Gasteiger partial charge < -0.3 is 4.74 Å². The summed E-state index contributed by atoms with van der Waals surface area (Å²) in [5, 5.41) is 4.21. The van der Waals surface area contributed by atoms with Crippen LogP contribution in [0.4, 0.5) is 0 Å². The Morgan fingerprint density at radius 3 is 2.39 bits per heavy atom. The quantitative estimate of drug-likeness (QED) is 0.697. The smallest absolute Gasteiger partial charge is 0.271 e. The summed E-state index contributed by atoms with van der Waals surface area (Å²) in [6.45, 7) is 7.78. The molecule has 23 heavy (non-hydrogen) atoms. The lowest BCUT2D eigenvalue weighted by Gasteiger charge is -2.10. The molecule has 1 heterocycles. The standard InChI is InChI=1S/C18H21N3O2/c1-11-10-12(2)19-13(3)17(11)14(4)20-21-18(22)15-6-8-16(23-5)9-7-15/h6-10H,1-5H3,(H,21,22). The summed E-state index contributed by atoms with van der Waals surface area (Å²) < 4.78 is 5.07. The number of benzene rings is 1. The molecule has 0 atom stereocenters. The fourth-order valence-electron chi connectivity index (χ4n) is 2.57. The van der Waals surface area contributed by atoms with Gasteiger partial charge >= 0.3 is 0 Å². The monoisotopic (exact) mass is 311 g/mol. The number of nitrogens with one attached hydrogen (secondary N) is 1. The van der Waals surface area contributed by atoms with Crippen LogP contribution in [0.15, 0.2) is 35.4 Å². The average Bonchev–Trinajstić information content (AvgIpc) is 2.51. The van der Waals surface area contributed by atoms with Crippen molar-refractivity contribution in [1.29, 1.82) is 0 Å². The van der Waals surface area contributed by atoms with Crippen molar-refractivity contribution in [2.75, 3.05) is 7.11 Å². The van der Waals surface area contributed by atoms with Gasteiger partial charge in [0.15, 0.2) is 0 Å². The second-order valence-corrected chi connectivity index (χ2v) is 5.41. The lowest BCUT2D eigenvalue weighted by Crippen LogP contribution is -2.20. The van der Waals surface area contributed by atoms with Crippen LogP contribution in [-0.2, 0) is 0 Å². The van der Waals surface area contributed by atoms with E-state index in [-0.39, 0.29) is 5.91 Å². The van der Waals surface area contributed by atoms with Crippen LogP contribution in [0.3, 0.4) is 0 Å². The van der Waals surface area contributed by atoms with Gasteiger partial charge in [-0.3, -0.25) is 9.78 Å². The van der Waals surface area contributed by atoms with E-state index in [1.54, 1.807) is 31.4 Å². The van der Waals surface area contributed by atoms with E-state index < -0.39 is 0 Å². The van der Waals surface area contributed by atoms with Crippen molar-refractivity contribution in [2.45, 2.75) is 27.7 Å². The van der Waals surface area contributed by atoms with E-state index in [1.165, 1.54) is 0 Å². The minimum Gasteiger partial charge on any atom is -0.497 e. The Morgan fingerprint density at radius 1 is 1.17 bits per heavy atom. The normalized spacial score (nSPS) is 11.3. The van der Waals surface area contributed by atoms with E-state index in [9.17, 15) is 4.79 Å². The number of aromatic nitrogens is 1. The molecule has 1 amide bonds. The van der Waals surface area contributed by atoms with E-state index >= 15 is 0 Å². The fraction of sp³-hybridized carbons (Fsp3) is 0.278. The summed E-state index contributed by atoms with van der Waals surface area (Å²) in [5.41, 5.74) is 7.77. The molecule has 0 saturated carbocycles. The number of pyridine rings is 1. The van der Waals surface area contributed by atoms with Gasteiger partial charge in [-0.1, -0.05) is 0 Å². The van der Waals surface area contributed by atoms with Crippen LogP contribution in [0.1, 0.15) is 39.8 Å². The Bertz CT molecular complexity index is 726. The molecule has 1 aromatic heterocycles.